The van der Waals surface area contributed by atoms with Crippen molar-refractivity contribution in [2.45, 2.75) is 22.6 Å². The first-order valence-corrected chi connectivity index (χ1v) is 24.3. The van der Waals surface area contributed by atoms with E-state index in [4.69, 9.17) is 44.3 Å². The third-order valence-corrected chi connectivity index (χ3v) is 11.6. The Balaban J connectivity index is 0.00000561. The first-order valence-electron chi connectivity index (χ1n) is 17.2. The van der Waals surface area contributed by atoms with Gasteiger partial charge in [0.05, 0.1) is 64.7 Å². The first kappa shape index (κ1) is 56.1. The maximum Gasteiger partial charge on any atom is 1.00 e. The van der Waals surface area contributed by atoms with Gasteiger partial charge in [0.15, 0.2) is 0 Å². The van der Waals surface area contributed by atoms with Crippen molar-refractivity contribution < 1.29 is 120 Å². The number of aromatic nitrogens is 3. The maximum absolute atomic E-state index is 11.6. The zero-order valence-corrected chi connectivity index (χ0v) is 42.9. The summed E-state index contributed by atoms with van der Waals surface area (Å²) in [6, 6.07) is 14.8. The SMILES string of the molecule is O=S(=O)([O-])CCCOc1cc(N=Nc2cccc(S(=O)(=O)O)c2)c(Cl)cc1N=c1nc(Cl)[nH]c(=Nc2cc(Cl)c(N=Nc3cccc(S(=O)(=O)O)c3)cc2OCCCS(=O)(=O)[O-])[nH]1.[Na+].[Na+]. The number of azo groups is 2. The molecule has 1 aromatic heterocycles. The van der Waals surface area contributed by atoms with Gasteiger partial charge in [-0.3, -0.25) is 14.1 Å². The molecule has 0 unspecified atom stereocenters. The largest absolute Gasteiger partial charge is 1.00 e. The molecule has 4 N–H and O–H groups in total. The van der Waals surface area contributed by atoms with Gasteiger partial charge in [-0.05, 0) is 73.0 Å². The van der Waals surface area contributed by atoms with Crippen LogP contribution in [0.1, 0.15) is 12.8 Å². The normalized spacial score (nSPS) is 12.9. The summed E-state index contributed by atoms with van der Waals surface area (Å²) in [7, 11) is -18.3. The van der Waals surface area contributed by atoms with Crippen LogP contribution in [-0.2, 0) is 40.5 Å². The Labute approximate surface area is 429 Å². The summed E-state index contributed by atoms with van der Waals surface area (Å²) in [5.74, 6) is -1.67. The number of ether oxygens (including phenoxy) is 2. The van der Waals surface area contributed by atoms with Crippen molar-refractivity contribution in [2.24, 2.45) is 30.4 Å². The summed E-state index contributed by atoms with van der Waals surface area (Å²) in [5.41, 5.74) is -0.541. The molecule has 0 aliphatic heterocycles. The number of nitrogens with zero attached hydrogens (tertiary/aromatic N) is 7. The van der Waals surface area contributed by atoms with Crippen LogP contribution in [0.3, 0.4) is 0 Å². The molecular weight excluding hydrogens is 1030 g/mol. The van der Waals surface area contributed by atoms with Crippen molar-refractivity contribution in [1.29, 1.82) is 0 Å². The fraction of sp³-hybridized carbons (Fsp3) is 0.182. The zero-order chi connectivity index (χ0) is 46.2. The minimum Gasteiger partial charge on any atom is -0.748 e. The van der Waals surface area contributed by atoms with Gasteiger partial charge in [-0.1, -0.05) is 35.3 Å². The smallest absolute Gasteiger partial charge is 0.748 e. The number of hydrogen-bond donors (Lipinski definition) is 4. The molecule has 23 nitrogen and oxygen atoms in total. The van der Waals surface area contributed by atoms with E-state index in [0.717, 1.165) is 24.3 Å². The standard InChI is InChI=1S/C33H30Cl3N9O14S4.2Na/c34-23-15-27(29(58-9-3-11-60(46,47)48)17-25(23)44-42-19-5-1-7-21(13-19)62(52,53)54)37-32-39-31(36)40-33(41-32)38-28-16-24(35)26(18-30(28)59-10-4-12-61(49,50)51)45-43-20-6-2-8-22(14-20)63(55,56)57;;/h1-2,5-8,13-18H,3-4,9-12H2,(H,46,47,48)(H,49,50,51)(H,52,53,54)(H,55,56,57)(H2,37,38,39,40,41);;/q;2*+1/p-2. The predicted octanol–water partition coefficient (Wildman–Crippen LogP) is 0.123. The van der Waals surface area contributed by atoms with Crippen LogP contribution in [-0.4, -0.2) is 91.6 Å². The van der Waals surface area contributed by atoms with Crippen LogP contribution in [0.25, 0.3) is 0 Å². The van der Waals surface area contributed by atoms with Crippen molar-refractivity contribution in [3.63, 3.8) is 0 Å². The molecule has 1 heterocycles. The van der Waals surface area contributed by atoms with Gasteiger partial charge in [-0.15, -0.1) is 10.2 Å². The van der Waals surface area contributed by atoms with Gasteiger partial charge in [0, 0.05) is 23.6 Å². The van der Waals surface area contributed by atoms with Crippen LogP contribution < -0.4 is 79.8 Å². The average molecular weight is 1060 g/mol. The summed E-state index contributed by atoms with van der Waals surface area (Å²) in [6.45, 7) is -0.614. The minimum absolute atomic E-state index is 0. The Morgan fingerprint density at radius 3 is 1.43 bits per heavy atom. The van der Waals surface area contributed by atoms with Crippen molar-refractivity contribution in [3.05, 3.63) is 99.4 Å². The molecule has 0 aliphatic rings. The third kappa shape index (κ3) is 18.4. The van der Waals surface area contributed by atoms with E-state index in [1.165, 1.54) is 48.5 Å². The van der Waals surface area contributed by atoms with E-state index < -0.39 is 61.8 Å². The number of benzene rings is 4. The Hall–Kier alpha value is -3.20. The Morgan fingerprint density at radius 1 is 0.585 bits per heavy atom. The van der Waals surface area contributed by atoms with E-state index in [9.17, 15) is 51.9 Å². The minimum atomic E-state index is -4.58. The Kier molecular flexibility index (Phi) is 20.9. The van der Waals surface area contributed by atoms with E-state index in [1.807, 2.05) is 0 Å². The van der Waals surface area contributed by atoms with Crippen LogP contribution in [0.2, 0.25) is 15.3 Å². The third-order valence-electron chi connectivity index (χ3n) is 7.54. The van der Waals surface area contributed by atoms with E-state index in [1.54, 1.807) is 0 Å². The molecule has 336 valence electrons. The molecule has 0 atom stereocenters. The van der Waals surface area contributed by atoms with Crippen molar-refractivity contribution in [2.75, 3.05) is 24.7 Å². The zero-order valence-electron chi connectivity index (χ0n) is 33.4. The van der Waals surface area contributed by atoms with Crippen LogP contribution >= 0.6 is 34.8 Å². The number of H-pyrrole nitrogens is 2. The molecular formula is C33H28Cl3N9Na2O14S4. The molecule has 4 aromatic carbocycles. The molecule has 0 radical (unpaired) electrons. The molecule has 0 fully saturated rings. The van der Waals surface area contributed by atoms with E-state index in [2.05, 4.69) is 45.4 Å². The van der Waals surface area contributed by atoms with E-state index in [0.29, 0.717) is 0 Å². The summed E-state index contributed by atoms with van der Waals surface area (Å²) < 4.78 is 144. The van der Waals surface area contributed by atoms with Crippen LogP contribution in [0.15, 0.2) is 113 Å². The molecule has 65 heavy (non-hydrogen) atoms. The number of nitrogens with one attached hydrogen (secondary N) is 2. The van der Waals surface area contributed by atoms with Gasteiger partial charge in [0.25, 0.3) is 20.2 Å². The predicted molar refractivity (Wildman–Crippen MR) is 222 cm³/mol. The number of hydrogen-bond acceptors (Lipinski definition) is 19. The second kappa shape index (κ2) is 24.2. The van der Waals surface area contributed by atoms with Crippen LogP contribution in [0.4, 0.5) is 34.1 Å². The van der Waals surface area contributed by atoms with Crippen LogP contribution in [0, 0.1) is 0 Å². The average Bonchev–Trinajstić information content (AvgIpc) is 3.17. The summed E-state index contributed by atoms with van der Waals surface area (Å²) in [4.78, 5) is 17.4. The Bertz CT molecular complexity index is 3010. The van der Waals surface area contributed by atoms with Gasteiger partial charge >= 0.3 is 59.1 Å². The quantitative estimate of drug-likeness (QED) is 0.0392. The molecule has 0 saturated heterocycles. The fourth-order valence-corrected chi connectivity index (χ4v) is 7.37. The topological polar surface area (TPSA) is 360 Å². The molecule has 5 aromatic rings. The monoisotopic (exact) mass is 1050 g/mol. The number of rotatable bonds is 18. The summed E-state index contributed by atoms with van der Waals surface area (Å²) in [5, 5.41) is 15.5. The van der Waals surface area contributed by atoms with Gasteiger partial charge < -0.3 is 23.6 Å². The molecule has 5 rings (SSSR count). The molecule has 0 aliphatic carbocycles. The van der Waals surface area contributed by atoms with E-state index in [-0.39, 0.29) is 157 Å². The molecule has 0 spiro atoms. The van der Waals surface area contributed by atoms with Gasteiger partial charge in [-0.2, -0.15) is 32.0 Å². The molecule has 0 saturated carbocycles. The summed E-state index contributed by atoms with van der Waals surface area (Å²) in [6.07, 6.45) is -0.454. The second-order valence-electron chi connectivity index (χ2n) is 12.4. The first-order chi connectivity index (χ1) is 29.4. The van der Waals surface area contributed by atoms with E-state index >= 15 is 0 Å². The maximum atomic E-state index is 11.6. The molecule has 0 bridgehead atoms. The number of halogens is 3. The van der Waals surface area contributed by atoms with Crippen molar-refractivity contribution in [1.82, 2.24) is 15.0 Å². The summed E-state index contributed by atoms with van der Waals surface area (Å²) >= 11 is 19.3. The van der Waals surface area contributed by atoms with Gasteiger partial charge in [-0.25, -0.2) is 26.8 Å². The van der Waals surface area contributed by atoms with Gasteiger partial charge in [0.1, 0.15) is 34.2 Å². The van der Waals surface area contributed by atoms with Gasteiger partial charge in [0.2, 0.25) is 16.5 Å². The van der Waals surface area contributed by atoms with Crippen LogP contribution in [0.5, 0.6) is 11.5 Å². The Morgan fingerprint density at radius 2 is 1.02 bits per heavy atom. The molecule has 32 heteroatoms. The molecule has 0 amide bonds. The van der Waals surface area contributed by atoms with Crippen molar-refractivity contribution >= 4 is 109 Å². The fourth-order valence-electron chi connectivity index (χ4n) is 4.82. The number of aromatic amines is 2. The van der Waals surface area contributed by atoms with Crippen molar-refractivity contribution in [3.8, 4) is 11.5 Å². The second-order valence-corrected chi connectivity index (χ2v) is 19.4.